The van der Waals surface area contributed by atoms with E-state index in [1.54, 1.807) is 6.92 Å². The van der Waals surface area contributed by atoms with Gasteiger partial charge < -0.3 is 9.84 Å². The first kappa shape index (κ1) is 8.43. The largest absolute Gasteiger partial charge is 0.479 e. The zero-order valence-electron chi connectivity index (χ0n) is 6.06. The lowest BCUT2D eigenvalue weighted by molar-refractivity contribution is 0.114. The summed E-state index contributed by atoms with van der Waals surface area (Å²) in [5.74, 6) is -0.0787. The molecule has 0 saturated carbocycles. The van der Waals surface area contributed by atoms with Crippen LogP contribution in [0, 0.1) is 5.41 Å². The van der Waals surface area contributed by atoms with E-state index in [0.29, 0.717) is 6.61 Å². The van der Waals surface area contributed by atoms with E-state index in [0.717, 1.165) is 0 Å². The maximum atomic E-state index is 9.07. The van der Waals surface area contributed by atoms with Gasteiger partial charge in [-0.3, -0.25) is 5.41 Å². The number of ether oxygens (including phenoxy) is 1. The van der Waals surface area contributed by atoms with E-state index >= 15 is 0 Å². The summed E-state index contributed by atoms with van der Waals surface area (Å²) in [4.78, 5) is 0. The molecule has 0 atom stereocenters. The van der Waals surface area contributed by atoms with Crippen molar-refractivity contribution in [3.8, 4) is 0 Å². The highest BCUT2D eigenvalue weighted by Gasteiger charge is 2.20. The Balaban J connectivity index is 3.74. The molecule has 0 rings (SSSR count). The molecule has 0 aromatic carbocycles. The van der Waals surface area contributed by atoms with Crippen LogP contribution in [0.15, 0.2) is 0 Å². The lowest BCUT2D eigenvalue weighted by Gasteiger charge is -2.17. The Morgan fingerprint density at radius 2 is 2.11 bits per heavy atom. The van der Waals surface area contributed by atoms with Crippen LogP contribution in [0.1, 0.15) is 20.8 Å². The minimum atomic E-state index is -1.13. The Labute approximate surface area is 55.2 Å². The highest BCUT2D eigenvalue weighted by Crippen LogP contribution is 2.03. The molecular weight excluding hydrogens is 118 g/mol. The van der Waals surface area contributed by atoms with Gasteiger partial charge in [0.1, 0.15) is 5.60 Å². The van der Waals surface area contributed by atoms with Crippen molar-refractivity contribution in [1.29, 1.82) is 5.41 Å². The molecule has 0 spiro atoms. The normalized spacial score (nSPS) is 11.1. The summed E-state index contributed by atoms with van der Waals surface area (Å²) < 4.78 is 4.74. The first-order valence-electron chi connectivity index (χ1n) is 2.92. The first-order chi connectivity index (χ1) is 3.98. The molecule has 0 aliphatic rings. The quantitative estimate of drug-likeness (QED) is 0.429. The van der Waals surface area contributed by atoms with E-state index in [-0.39, 0.29) is 5.90 Å². The molecule has 0 saturated heterocycles. The van der Waals surface area contributed by atoms with Gasteiger partial charge in [-0.05, 0) is 20.8 Å². The van der Waals surface area contributed by atoms with E-state index in [4.69, 9.17) is 15.3 Å². The summed E-state index contributed by atoms with van der Waals surface area (Å²) in [6, 6.07) is 0. The third-order valence-corrected chi connectivity index (χ3v) is 0.844. The van der Waals surface area contributed by atoms with Gasteiger partial charge in [-0.15, -0.1) is 0 Å². The van der Waals surface area contributed by atoms with E-state index in [2.05, 4.69) is 0 Å². The van der Waals surface area contributed by atoms with Gasteiger partial charge in [0.25, 0.3) is 0 Å². The summed E-state index contributed by atoms with van der Waals surface area (Å²) in [5, 5.41) is 16.1. The standard InChI is InChI=1S/C6H13NO2/c1-4-9-5(7)6(2,3)8/h7-8H,4H2,1-3H3. The van der Waals surface area contributed by atoms with E-state index < -0.39 is 5.60 Å². The molecule has 3 nitrogen and oxygen atoms in total. The predicted molar refractivity (Wildman–Crippen MR) is 35.7 cm³/mol. The van der Waals surface area contributed by atoms with Crippen molar-refractivity contribution in [3.63, 3.8) is 0 Å². The Bertz CT molecular complexity index is 104. The number of rotatable bonds is 2. The number of nitrogens with one attached hydrogen (secondary N) is 1. The molecule has 0 aliphatic carbocycles. The van der Waals surface area contributed by atoms with Crippen LogP contribution in [0.5, 0.6) is 0 Å². The summed E-state index contributed by atoms with van der Waals surface area (Å²) in [5.41, 5.74) is -1.13. The average Bonchev–Trinajstić information content (AvgIpc) is 1.64. The highest BCUT2D eigenvalue weighted by atomic mass is 16.5. The minimum Gasteiger partial charge on any atom is -0.479 e. The highest BCUT2D eigenvalue weighted by molar-refractivity contribution is 5.80. The van der Waals surface area contributed by atoms with Crippen LogP contribution in [0.3, 0.4) is 0 Å². The average molecular weight is 131 g/mol. The molecular formula is C6H13NO2. The van der Waals surface area contributed by atoms with Gasteiger partial charge in [-0.25, -0.2) is 0 Å². The van der Waals surface area contributed by atoms with Crippen LogP contribution in [0.25, 0.3) is 0 Å². The van der Waals surface area contributed by atoms with Gasteiger partial charge >= 0.3 is 0 Å². The Hall–Kier alpha value is -0.570. The molecule has 0 aromatic heterocycles. The van der Waals surface area contributed by atoms with Crippen molar-refractivity contribution in [3.05, 3.63) is 0 Å². The van der Waals surface area contributed by atoms with Crippen LogP contribution in [0.2, 0.25) is 0 Å². The van der Waals surface area contributed by atoms with Crippen LogP contribution < -0.4 is 0 Å². The second-order valence-corrected chi connectivity index (χ2v) is 2.32. The van der Waals surface area contributed by atoms with Crippen LogP contribution >= 0.6 is 0 Å². The fourth-order valence-corrected chi connectivity index (χ4v) is 0.321. The molecule has 0 amide bonds. The van der Waals surface area contributed by atoms with Crippen molar-refractivity contribution in [2.75, 3.05) is 6.61 Å². The first-order valence-corrected chi connectivity index (χ1v) is 2.92. The molecule has 9 heavy (non-hydrogen) atoms. The molecule has 0 fully saturated rings. The van der Waals surface area contributed by atoms with Crippen molar-refractivity contribution in [2.45, 2.75) is 26.4 Å². The van der Waals surface area contributed by atoms with E-state index in [1.807, 2.05) is 0 Å². The molecule has 0 radical (unpaired) electrons. The lowest BCUT2D eigenvalue weighted by Crippen LogP contribution is -2.32. The Morgan fingerprint density at radius 1 is 1.67 bits per heavy atom. The maximum absolute atomic E-state index is 9.07. The molecule has 0 heterocycles. The van der Waals surface area contributed by atoms with Crippen molar-refractivity contribution in [1.82, 2.24) is 0 Å². The Kier molecular flexibility index (Phi) is 2.65. The van der Waals surface area contributed by atoms with Gasteiger partial charge in [0, 0.05) is 0 Å². The summed E-state index contributed by atoms with van der Waals surface area (Å²) >= 11 is 0. The monoisotopic (exact) mass is 131 g/mol. The summed E-state index contributed by atoms with van der Waals surface area (Å²) in [6.45, 7) is 5.25. The smallest absolute Gasteiger partial charge is 0.212 e. The van der Waals surface area contributed by atoms with Gasteiger partial charge in [0.2, 0.25) is 5.90 Å². The second kappa shape index (κ2) is 2.82. The predicted octanol–water partition coefficient (Wildman–Crippen LogP) is 0.771. The van der Waals surface area contributed by atoms with Crippen LogP contribution in [0.4, 0.5) is 0 Å². The zero-order valence-corrected chi connectivity index (χ0v) is 6.06. The fraction of sp³-hybridized carbons (Fsp3) is 0.833. The van der Waals surface area contributed by atoms with Crippen molar-refractivity contribution >= 4 is 5.90 Å². The maximum Gasteiger partial charge on any atom is 0.212 e. The molecule has 0 aliphatic heterocycles. The molecule has 54 valence electrons. The van der Waals surface area contributed by atoms with Gasteiger partial charge in [0.15, 0.2) is 0 Å². The number of hydrogen-bond donors (Lipinski definition) is 2. The fourth-order valence-electron chi connectivity index (χ4n) is 0.321. The van der Waals surface area contributed by atoms with Gasteiger partial charge in [-0.2, -0.15) is 0 Å². The topological polar surface area (TPSA) is 53.3 Å². The molecule has 2 N–H and O–H groups in total. The minimum absolute atomic E-state index is 0.0787. The summed E-state index contributed by atoms with van der Waals surface area (Å²) in [6.07, 6.45) is 0. The number of hydrogen-bond acceptors (Lipinski definition) is 3. The van der Waals surface area contributed by atoms with Crippen LogP contribution in [-0.2, 0) is 4.74 Å². The molecule has 0 bridgehead atoms. The molecule has 0 unspecified atom stereocenters. The second-order valence-electron chi connectivity index (χ2n) is 2.32. The zero-order chi connectivity index (χ0) is 7.49. The molecule has 0 aromatic rings. The Morgan fingerprint density at radius 3 is 2.22 bits per heavy atom. The van der Waals surface area contributed by atoms with Crippen molar-refractivity contribution < 1.29 is 9.84 Å². The van der Waals surface area contributed by atoms with Gasteiger partial charge in [0.05, 0.1) is 6.61 Å². The third kappa shape index (κ3) is 3.08. The van der Waals surface area contributed by atoms with E-state index in [9.17, 15) is 0 Å². The van der Waals surface area contributed by atoms with Gasteiger partial charge in [-0.1, -0.05) is 0 Å². The SMILES string of the molecule is CCOC(=N)C(C)(C)O. The third-order valence-electron chi connectivity index (χ3n) is 0.844. The lowest BCUT2D eigenvalue weighted by atomic mass is 10.1. The number of aliphatic hydroxyl groups is 1. The summed E-state index contributed by atoms with van der Waals surface area (Å²) in [7, 11) is 0. The van der Waals surface area contributed by atoms with E-state index in [1.165, 1.54) is 13.8 Å². The molecule has 3 heteroatoms. The van der Waals surface area contributed by atoms with Crippen LogP contribution in [-0.4, -0.2) is 23.2 Å². The van der Waals surface area contributed by atoms with Crippen molar-refractivity contribution in [2.24, 2.45) is 0 Å².